The summed E-state index contributed by atoms with van der Waals surface area (Å²) in [6.07, 6.45) is 3.70. The Morgan fingerprint density at radius 1 is 1.03 bits per heavy atom. The highest BCUT2D eigenvalue weighted by molar-refractivity contribution is 5.82. The van der Waals surface area contributed by atoms with Gasteiger partial charge in [-0.05, 0) is 48.9 Å². The number of carbonyl (C=O) groups excluding carboxylic acids is 2. The van der Waals surface area contributed by atoms with Gasteiger partial charge >= 0.3 is 0 Å². The molecule has 7 nitrogen and oxygen atoms in total. The lowest BCUT2D eigenvalue weighted by Crippen LogP contribution is -2.49. The Hall–Kier alpha value is -3.06. The molecule has 180 valence electrons. The van der Waals surface area contributed by atoms with Gasteiger partial charge in [-0.3, -0.25) is 9.59 Å². The van der Waals surface area contributed by atoms with E-state index in [4.69, 9.17) is 14.2 Å². The lowest BCUT2D eigenvalue weighted by Gasteiger charge is -2.39. The largest absolute Gasteiger partial charge is 0.454 e. The maximum absolute atomic E-state index is 13.2. The Morgan fingerprint density at radius 3 is 2.65 bits per heavy atom. The molecule has 3 aliphatic heterocycles. The van der Waals surface area contributed by atoms with E-state index in [9.17, 15) is 9.59 Å². The third kappa shape index (κ3) is 4.89. The van der Waals surface area contributed by atoms with Gasteiger partial charge in [0.1, 0.15) is 0 Å². The van der Waals surface area contributed by atoms with Crippen molar-refractivity contribution in [2.45, 2.75) is 37.5 Å². The molecular weight excluding hydrogens is 432 g/mol. The van der Waals surface area contributed by atoms with E-state index >= 15 is 0 Å². The number of fused-ring (bicyclic) bond motifs is 1. The fraction of sp³-hybridized carbons (Fsp3) is 0.481. The molecule has 1 atom stereocenters. The first-order valence-electron chi connectivity index (χ1n) is 12.2. The molecule has 0 aliphatic carbocycles. The zero-order chi connectivity index (χ0) is 23.4. The number of ether oxygens (including phenoxy) is 3. The molecule has 1 unspecified atom stereocenters. The second kappa shape index (κ2) is 10.1. The van der Waals surface area contributed by atoms with Gasteiger partial charge in [-0.15, -0.1) is 0 Å². The summed E-state index contributed by atoms with van der Waals surface area (Å²) in [5.74, 6) is 1.46. The summed E-state index contributed by atoms with van der Waals surface area (Å²) in [5.41, 5.74) is 1.94. The van der Waals surface area contributed by atoms with E-state index in [0.717, 1.165) is 48.3 Å². The molecule has 2 fully saturated rings. The zero-order valence-corrected chi connectivity index (χ0v) is 19.5. The number of likely N-dealkylation sites (tertiary alicyclic amines) is 1. The van der Waals surface area contributed by atoms with E-state index < -0.39 is 0 Å². The van der Waals surface area contributed by atoms with Crippen molar-refractivity contribution in [2.75, 3.05) is 39.6 Å². The maximum Gasteiger partial charge on any atom is 0.231 e. The summed E-state index contributed by atoms with van der Waals surface area (Å²) >= 11 is 0. The molecule has 0 bridgehead atoms. The van der Waals surface area contributed by atoms with Gasteiger partial charge in [0.15, 0.2) is 11.5 Å². The third-order valence-corrected chi connectivity index (χ3v) is 7.38. The third-order valence-electron chi connectivity index (χ3n) is 7.38. The monoisotopic (exact) mass is 464 g/mol. The minimum atomic E-state index is -0.202. The van der Waals surface area contributed by atoms with Crippen LogP contribution in [0.2, 0.25) is 0 Å². The summed E-state index contributed by atoms with van der Waals surface area (Å²) in [7, 11) is 0. The van der Waals surface area contributed by atoms with Crippen LogP contribution in [0.5, 0.6) is 11.5 Å². The smallest absolute Gasteiger partial charge is 0.231 e. The zero-order valence-electron chi connectivity index (χ0n) is 19.5. The molecule has 3 heterocycles. The van der Waals surface area contributed by atoms with Gasteiger partial charge in [0, 0.05) is 38.3 Å². The Kier molecular flexibility index (Phi) is 6.72. The van der Waals surface area contributed by atoms with Gasteiger partial charge in [-0.25, -0.2) is 0 Å². The number of hydrogen-bond donors (Lipinski definition) is 1. The summed E-state index contributed by atoms with van der Waals surface area (Å²) in [6.45, 7) is 3.31. The molecule has 0 spiro atoms. The Balaban J connectivity index is 1.22. The number of nitrogens with one attached hydrogen (secondary N) is 1. The summed E-state index contributed by atoms with van der Waals surface area (Å²) in [4.78, 5) is 27.9. The quantitative estimate of drug-likeness (QED) is 0.711. The van der Waals surface area contributed by atoms with Crippen molar-refractivity contribution in [3.63, 3.8) is 0 Å². The lowest BCUT2D eigenvalue weighted by molar-refractivity contribution is -0.135. The highest BCUT2D eigenvalue weighted by Gasteiger charge is 2.37. The summed E-state index contributed by atoms with van der Waals surface area (Å²) < 4.78 is 16.7. The van der Waals surface area contributed by atoms with E-state index in [0.29, 0.717) is 39.3 Å². The molecule has 7 heteroatoms. The standard InChI is InChI=1S/C27H32N2O5/c30-25(15-20-5-2-1-3-6-20)29-12-4-7-21(17-29)26(31)28-18-27(10-13-32-14-11-27)22-8-9-23-24(16-22)34-19-33-23/h1-3,5-6,8-9,16,21H,4,7,10-15,17-19H2,(H,28,31). The molecule has 34 heavy (non-hydrogen) atoms. The van der Waals surface area contributed by atoms with Crippen molar-refractivity contribution in [1.82, 2.24) is 10.2 Å². The first-order chi connectivity index (χ1) is 16.6. The molecule has 2 amide bonds. The highest BCUT2D eigenvalue weighted by atomic mass is 16.7. The molecule has 2 saturated heterocycles. The van der Waals surface area contributed by atoms with Gasteiger partial charge in [0.25, 0.3) is 0 Å². The van der Waals surface area contributed by atoms with Gasteiger partial charge in [0.05, 0.1) is 12.3 Å². The minimum Gasteiger partial charge on any atom is -0.454 e. The number of carbonyl (C=O) groups is 2. The molecule has 2 aromatic carbocycles. The average molecular weight is 465 g/mol. The van der Waals surface area contributed by atoms with Crippen molar-refractivity contribution < 1.29 is 23.8 Å². The van der Waals surface area contributed by atoms with E-state index in [-0.39, 0.29) is 29.9 Å². The number of rotatable bonds is 6. The van der Waals surface area contributed by atoms with Gasteiger partial charge < -0.3 is 24.4 Å². The van der Waals surface area contributed by atoms with Crippen LogP contribution in [0, 0.1) is 5.92 Å². The second-order valence-electron chi connectivity index (χ2n) is 9.52. The van der Waals surface area contributed by atoms with Crippen LogP contribution < -0.4 is 14.8 Å². The predicted molar refractivity (Wildman–Crippen MR) is 127 cm³/mol. The van der Waals surface area contributed by atoms with Gasteiger partial charge in [-0.1, -0.05) is 36.4 Å². The molecule has 5 rings (SSSR count). The Morgan fingerprint density at radius 2 is 1.82 bits per heavy atom. The number of benzene rings is 2. The van der Waals surface area contributed by atoms with Crippen LogP contribution >= 0.6 is 0 Å². The average Bonchev–Trinajstić information content (AvgIpc) is 3.37. The number of amides is 2. The van der Waals surface area contributed by atoms with Crippen molar-refractivity contribution in [3.8, 4) is 11.5 Å². The fourth-order valence-corrected chi connectivity index (χ4v) is 5.26. The van der Waals surface area contributed by atoms with Gasteiger partial charge in [0.2, 0.25) is 18.6 Å². The first kappa shape index (κ1) is 22.7. The van der Waals surface area contributed by atoms with Crippen molar-refractivity contribution in [3.05, 3.63) is 59.7 Å². The van der Waals surface area contributed by atoms with Crippen molar-refractivity contribution >= 4 is 11.8 Å². The van der Waals surface area contributed by atoms with Crippen LogP contribution in [0.1, 0.15) is 36.8 Å². The molecule has 3 aliphatic rings. The van der Waals surface area contributed by atoms with Crippen molar-refractivity contribution in [1.29, 1.82) is 0 Å². The lowest BCUT2D eigenvalue weighted by atomic mass is 9.74. The van der Waals surface area contributed by atoms with Crippen LogP contribution in [0.3, 0.4) is 0 Å². The summed E-state index contributed by atoms with van der Waals surface area (Å²) in [5, 5.41) is 3.23. The normalized spacial score (nSPS) is 21.2. The Bertz CT molecular complexity index is 1020. The van der Waals surface area contributed by atoms with Crippen LogP contribution in [0.25, 0.3) is 0 Å². The molecule has 2 aromatic rings. The number of hydrogen-bond acceptors (Lipinski definition) is 5. The molecule has 0 saturated carbocycles. The molecule has 1 N–H and O–H groups in total. The first-order valence-corrected chi connectivity index (χ1v) is 12.2. The SMILES string of the molecule is O=C(NCC1(c2ccc3c(c2)OCO3)CCOCC1)C1CCCN(C(=O)Cc2ccccc2)C1. The Labute approximate surface area is 200 Å². The van der Waals surface area contributed by atoms with Crippen LogP contribution in [0.4, 0.5) is 0 Å². The maximum atomic E-state index is 13.2. The number of piperidine rings is 1. The second-order valence-corrected chi connectivity index (χ2v) is 9.52. The number of nitrogens with zero attached hydrogens (tertiary/aromatic N) is 1. The fourth-order valence-electron chi connectivity index (χ4n) is 5.26. The van der Waals surface area contributed by atoms with E-state index in [2.05, 4.69) is 11.4 Å². The van der Waals surface area contributed by atoms with Crippen LogP contribution in [-0.2, 0) is 26.2 Å². The van der Waals surface area contributed by atoms with Crippen molar-refractivity contribution in [2.24, 2.45) is 5.92 Å². The molecular formula is C27H32N2O5. The summed E-state index contributed by atoms with van der Waals surface area (Å²) in [6, 6.07) is 15.9. The predicted octanol–water partition coefficient (Wildman–Crippen LogP) is 3.06. The van der Waals surface area contributed by atoms with Crippen LogP contribution in [-0.4, -0.2) is 56.4 Å². The molecule has 0 aromatic heterocycles. The van der Waals surface area contributed by atoms with E-state index in [1.54, 1.807) is 0 Å². The minimum absolute atomic E-state index is 0.0313. The van der Waals surface area contributed by atoms with Gasteiger partial charge in [-0.2, -0.15) is 0 Å². The van der Waals surface area contributed by atoms with E-state index in [1.165, 1.54) is 0 Å². The molecule has 0 radical (unpaired) electrons. The highest BCUT2D eigenvalue weighted by Crippen LogP contribution is 2.40. The van der Waals surface area contributed by atoms with E-state index in [1.807, 2.05) is 47.4 Å². The topological polar surface area (TPSA) is 77.1 Å². The van der Waals surface area contributed by atoms with Crippen LogP contribution in [0.15, 0.2) is 48.5 Å².